The Morgan fingerprint density at radius 1 is 0.971 bits per heavy atom. The maximum Gasteiger partial charge on any atom is 0.216 e. The van der Waals surface area contributed by atoms with E-state index in [0.717, 1.165) is 12.8 Å². The summed E-state index contributed by atoms with van der Waals surface area (Å²) in [6.07, 6.45) is 11.2. The molecule has 0 saturated carbocycles. The first-order valence-corrected chi connectivity index (χ1v) is 13.4. The van der Waals surface area contributed by atoms with Crippen LogP contribution in [0.5, 0.6) is 0 Å². The second-order valence-electron chi connectivity index (χ2n) is 9.69. The van der Waals surface area contributed by atoms with E-state index in [1.165, 1.54) is 71.1 Å². The van der Waals surface area contributed by atoms with E-state index in [1.807, 2.05) is 6.08 Å². The Bertz CT molecular complexity index is 578. The molecular weight excluding hydrogens is 452 g/mol. The van der Waals surface area contributed by atoms with Crippen LogP contribution >= 0.6 is 0 Å². The van der Waals surface area contributed by atoms with Gasteiger partial charge in [0, 0.05) is 13.5 Å². The SMILES string of the molecule is CCCCCCCCCCCCC/C=C/[C@@H](O)[C@@H](N)COC1OC(CNC(C)=O)C(O)C(O)C1O. The van der Waals surface area contributed by atoms with Gasteiger partial charge in [0.2, 0.25) is 5.91 Å². The molecule has 0 bridgehead atoms. The van der Waals surface area contributed by atoms with Gasteiger partial charge in [-0.05, 0) is 12.8 Å². The number of carbonyl (C=O) groups is 1. The smallest absolute Gasteiger partial charge is 0.216 e. The minimum Gasteiger partial charge on any atom is -0.388 e. The molecule has 0 aliphatic carbocycles. The summed E-state index contributed by atoms with van der Waals surface area (Å²) in [6, 6.07) is -0.753. The van der Waals surface area contributed by atoms with Crippen LogP contribution in [0.1, 0.15) is 90.9 Å². The van der Waals surface area contributed by atoms with E-state index in [0.29, 0.717) is 0 Å². The summed E-state index contributed by atoms with van der Waals surface area (Å²) < 4.78 is 11.0. The molecule has 9 heteroatoms. The summed E-state index contributed by atoms with van der Waals surface area (Å²) in [5.41, 5.74) is 5.99. The Morgan fingerprint density at radius 2 is 1.54 bits per heavy atom. The molecule has 0 spiro atoms. The van der Waals surface area contributed by atoms with E-state index >= 15 is 0 Å². The third kappa shape index (κ3) is 13.7. The standard InChI is InChI=1S/C26H50N2O7/c1-3-4-5-6-7-8-9-10-11-12-13-14-15-16-21(30)20(27)18-34-26-25(33)24(32)23(31)22(35-26)17-28-19(2)29/h15-16,20-26,30-33H,3-14,17-18,27H2,1-2H3,(H,28,29)/b16-15+/t20-,21+,22?,23?,24?,25?,26?/m0/s1. The first kappa shape index (κ1) is 32.0. The highest BCUT2D eigenvalue weighted by molar-refractivity contribution is 5.72. The lowest BCUT2D eigenvalue weighted by Crippen LogP contribution is -2.61. The summed E-state index contributed by atoms with van der Waals surface area (Å²) in [5.74, 6) is -0.316. The number of ether oxygens (including phenoxy) is 2. The molecule has 7 atom stereocenters. The molecule has 7 N–H and O–H groups in total. The number of rotatable bonds is 19. The van der Waals surface area contributed by atoms with Gasteiger partial charge in [-0.3, -0.25) is 4.79 Å². The largest absolute Gasteiger partial charge is 0.388 e. The Morgan fingerprint density at radius 3 is 2.11 bits per heavy atom. The van der Waals surface area contributed by atoms with E-state index in [9.17, 15) is 25.2 Å². The first-order chi connectivity index (χ1) is 16.8. The van der Waals surface area contributed by atoms with Crippen LogP contribution in [0.25, 0.3) is 0 Å². The number of hydrogen-bond donors (Lipinski definition) is 6. The second-order valence-corrected chi connectivity index (χ2v) is 9.69. The Balaban J connectivity index is 2.19. The fourth-order valence-corrected chi connectivity index (χ4v) is 4.08. The lowest BCUT2D eigenvalue weighted by Gasteiger charge is -2.40. The predicted octanol–water partition coefficient (Wildman–Crippen LogP) is 1.89. The molecular formula is C26H50N2O7. The minimum absolute atomic E-state index is 0.0450. The predicted molar refractivity (Wildman–Crippen MR) is 136 cm³/mol. The molecule has 0 aromatic carbocycles. The number of nitrogens with one attached hydrogen (secondary N) is 1. The number of amides is 1. The van der Waals surface area contributed by atoms with E-state index in [1.54, 1.807) is 6.08 Å². The van der Waals surface area contributed by atoms with Crippen LogP contribution < -0.4 is 11.1 Å². The van der Waals surface area contributed by atoms with Crippen molar-refractivity contribution in [2.45, 2.75) is 134 Å². The molecule has 35 heavy (non-hydrogen) atoms. The fraction of sp³-hybridized carbons (Fsp3) is 0.885. The van der Waals surface area contributed by atoms with Crippen molar-refractivity contribution in [1.29, 1.82) is 0 Å². The second kappa shape index (κ2) is 19.1. The van der Waals surface area contributed by atoms with Gasteiger partial charge >= 0.3 is 0 Å². The number of aliphatic hydroxyl groups excluding tert-OH is 4. The van der Waals surface area contributed by atoms with E-state index < -0.39 is 42.9 Å². The monoisotopic (exact) mass is 502 g/mol. The van der Waals surface area contributed by atoms with Crippen molar-refractivity contribution in [3.05, 3.63) is 12.2 Å². The number of carbonyl (C=O) groups excluding carboxylic acids is 1. The van der Waals surface area contributed by atoms with Crippen molar-refractivity contribution in [3.8, 4) is 0 Å². The molecule has 1 fully saturated rings. The third-order valence-corrected chi connectivity index (χ3v) is 6.42. The van der Waals surface area contributed by atoms with Crippen LogP contribution in [0.4, 0.5) is 0 Å². The summed E-state index contributed by atoms with van der Waals surface area (Å²) in [6.45, 7) is 3.39. The maximum absolute atomic E-state index is 11.1. The van der Waals surface area contributed by atoms with Gasteiger partial charge in [-0.25, -0.2) is 0 Å². The summed E-state index contributed by atoms with van der Waals surface area (Å²) in [5, 5.41) is 43.0. The van der Waals surface area contributed by atoms with Crippen LogP contribution in [-0.2, 0) is 14.3 Å². The maximum atomic E-state index is 11.1. The van der Waals surface area contributed by atoms with Crippen molar-refractivity contribution in [3.63, 3.8) is 0 Å². The van der Waals surface area contributed by atoms with Crippen LogP contribution in [0.15, 0.2) is 12.2 Å². The molecule has 1 amide bonds. The third-order valence-electron chi connectivity index (χ3n) is 6.42. The van der Waals surface area contributed by atoms with Gasteiger partial charge < -0.3 is 41.0 Å². The first-order valence-electron chi connectivity index (χ1n) is 13.4. The normalized spacial score (nSPS) is 26.7. The zero-order valence-corrected chi connectivity index (χ0v) is 21.7. The van der Waals surface area contributed by atoms with Crippen LogP contribution in [-0.4, -0.2) is 82.3 Å². The molecule has 1 rings (SSSR count). The topological polar surface area (TPSA) is 154 Å². The Labute approximate surface area is 211 Å². The summed E-state index contributed by atoms with van der Waals surface area (Å²) >= 11 is 0. The van der Waals surface area contributed by atoms with Crippen molar-refractivity contribution in [2.75, 3.05) is 13.2 Å². The van der Waals surface area contributed by atoms with Gasteiger partial charge in [-0.15, -0.1) is 0 Å². The molecule has 1 aliphatic rings. The zero-order chi connectivity index (χ0) is 26.1. The van der Waals surface area contributed by atoms with Crippen molar-refractivity contribution < 1.29 is 34.7 Å². The lowest BCUT2D eigenvalue weighted by atomic mass is 9.99. The summed E-state index contributed by atoms with van der Waals surface area (Å²) in [4.78, 5) is 11.1. The minimum atomic E-state index is -1.50. The van der Waals surface area contributed by atoms with E-state index in [2.05, 4.69) is 12.2 Å². The van der Waals surface area contributed by atoms with Gasteiger partial charge in [-0.2, -0.15) is 0 Å². The number of nitrogens with two attached hydrogens (primary N) is 1. The summed E-state index contributed by atoms with van der Waals surface area (Å²) in [7, 11) is 0. The van der Waals surface area contributed by atoms with Crippen molar-refractivity contribution in [1.82, 2.24) is 5.32 Å². The van der Waals surface area contributed by atoms with Crippen LogP contribution in [0, 0.1) is 0 Å². The van der Waals surface area contributed by atoms with Crippen LogP contribution in [0.2, 0.25) is 0 Å². The molecule has 0 radical (unpaired) electrons. The van der Waals surface area contributed by atoms with Gasteiger partial charge in [-0.1, -0.05) is 83.3 Å². The number of unbranched alkanes of at least 4 members (excludes halogenated alkanes) is 11. The van der Waals surface area contributed by atoms with Gasteiger partial charge in [0.1, 0.15) is 24.4 Å². The Kier molecular flexibility index (Phi) is 17.4. The highest BCUT2D eigenvalue weighted by Crippen LogP contribution is 2.22. The Hall–Kier alpha value is -1.07. The molecule has 9 nitrogen and oxygen atoms in total. The molecule has 1 heterocycles. The molecule has 1 saturated heterocycles. The van der Waals surface area contributed by atoms with E-state index in [-0.39, 0.29) is 19.1 Å². The number of allylic oxidation sites excluding steroid dienone is 1. The van der Waals surface area contributed by atoms with Crippen LogP contribution in [0.3, 0.4) is 0 Å². The zero-order valence-electron chi connectivity index (χ0n) is 21.7. The molecule has 5 unspecified atom stereocenters. The average Bonchev–Trinajstić information content (AvgIpc) is 2.83. The van der Waals surface area contributed by atoms with Gasteiger partial charge in [0.15, 0.2) is 6.29 Å². The lowest BCUT2D eigenvalue weighted by molar-refractivity contribution is -0.296. The van der Waals surface area contributed by atoms with Crippen molar-refractivity contribution in [2.24, 2.45) is 5.73 Å². The highest BCUT2D eigenvalue weighted by atomic mass is 16.7. The highest BCUT2D eigenvalue weighted by Gasteiger charge is 2.44. The molecule has 1 aliphatic heterocycles. The number of aliphatic hydroxyl groups is 4. The average molecular weight is 503 g/mol. The fourth-order valence-electron chi connectivity index (χ4n) is 4.08. The van der Waals surface area contributed by atoms with Gasteiger partial charge in [0.25, 0.3) is 0 Å². The van der Waals surface area contributed by atoms with Crippen molar-refractivity contribution >= 4 is 5.91 Å². The van der Waals surface area contributed by atoms with Gasteiger partial charge in [0.05, 0.1) is 18.8 Å². The quantitative estimate of drug-likeness (QED) is 0.116. The number of hydrogen-bond acceptors (Lipinski definition) is 8. The van der Waals surface area contributed by atoms with E-state index in [4.69, 9.17) is 15.2 Å². The molecule has 206 valence electrons. The molecule has 0 aromatic rings. The molecule has 0 aromatic heterocycles.